The third-order valence-electron chi connectivity index (χ3n) is 10.1. The van der Waals surface area contributed by atoms with Crippen LogP contribution in [0.3, 0.4) is 0 Å². The summed E-state index contributed by atoms with van der Waals surface area (Å²) in [7, 11) is 0. The Hall–Kier alpha value is -2.74. The van der Waals surface area contributed by atoms with Crippen molar-refractivity contribution in [3.05, 3.63) is 94.1 Å². The van der Waals surface area contributed by atoms with Crippen molar-refractivity contribution in [1.29, 1.82) is 0 Å². The second kappa shape index (κ2) is 10.2. The monoisotopic (exact) mass is 492 g/mol. The zero-order valence-electron chi connectivity index (χ0n) is 22.3. The van der Waals surface area contributed by atoms with Crippen LogP contribution >= 0.6 is 0 Å². The van der Waals surface area contributed by atoms with Crippen molar-refractivity contribution in [2.45, 2.75) is 89.9 Å². The largest absolute Gasteiger partial charge is 0.294 e. The van der Waals surface area contributed by atoms with Gasteiger partial charge in [-0.1, -0.05) is 60.7 Å². The molecule has 2 aromatic carbocycles. The zero-order chi connectivity index (χ0) is 25.4. The standard InChI is InChI=1S/C35H40O2/c1-24-8-5-6-12-30(24)32(36)22-28-15-14-27-11-7-13-31(33(27)28)34(37)29-18-21-35(23-29)19-16-26(17-20-35)25-9-3-2-4-10-25/h3,5-13,26,28-29H,2,4,14-23H2,1H3. The van der Waals surface area contributed by atoms with E-state index in [1.165, 1.54) is 56.1 Å². The SMILES string of the molecule is Cc1ccccc1C(=O)CC1CCc2cccc(C(=O)C3CCC4(CCC(C5=CCCC=C5)CC4)C3)c21. The van der Waals surface area contributed by atoms with Gasteiger partial charge in [-0.15, -0.1) is 0 Å². The number of hydrogen-bond acceptors (Lipinski definition) is 2. The Morgan fingerprint density at radius 1 is 0.892 bits per heavy atom. The van der Waals surface area contributed by atoms with Crippen LogP contribution in [0.2, 0.25) is 0 Å². The molecular formula is C35H40O2. The van der Waals surface area contributed by atoms with E-state index in [2.05, 4.69) is 36.4 Å². The van der Waals surface area contributed by atoms with Crippen molar-refractivity contribution in [3.8, 4) is 0 Å². The number of carbonyl (C=O) groups is 2. The predicted molar refractivity (Wildman–Crippen MR) is 150 cm³/mol. The normalized spacial score (nSPS) is 28.8. The number of benzene rings is 2. The van der Waals surface area contributed by atoms with Gasteiger partial charge in [0.1, 0.15) is 0 Å². The minimum Gasteiger partial charge on any atom is -0.294 e. The van der Waals surface area contributed by atoms with Gasteiger partial charge in [0.05, 0.1) is 0 Å². The summed E-state index contributed by atoms with van der Waals surface area (Å²) in [5.41, 5.74) is 7.20. The van der Waals surface area contributed by atoms with Crippen LogP contribution in [-0.2, 0) is 6.42 Å². The Morgan fingerprint density at radius 2 is 1.68 bits per heavy atom. The molecule has 0 bridgehead atoms. The van der Waals surface area contributed by atoms with E-state index < -0.39 is 0 Å². The fourth-order valence-electron chi connectivity index (χ4n) is 8.03. The summed E-state index contributed by atoms with van der Waals surface area (Å²) >= 11 is 0. The van der Waals surface area contributed by atoms with Crippen LogP contribution in [-0.4, -0.2) is 11.6 Å². The van der Waals surface area contributed by atoms with E-state index in [9.17, 15) is 9.59 Å². The van der Waals surface area contributed by atoms with Gasteiger partial charge in [0.25, 0.3) is 0 Å². The zero-order valence-corrected chi connectivity index (χ0v) is 22.3. The summed E-state index contributed by atoms with van der Waals surface area (Å²) in [6.07, 6.45) is 20.4. The molecule has 4 aliphatic carbocycles. The molecule has 37 heavy (non-hydrogen) atoms. The Labute approximate surface area is 222 Å². The van der Waals surface area contributed by atoms with Gasteiger partial charge in [0.15, 0.2) is 11.6 Å². The average molecular weight is 493 g/mol. The first kappa shape index (κ1) is 24.6. The van der Waals surface area contributed by atoms with Crippen LogP contribution in [0.15, 0.2) is 66.3 Å². The molecule has 6 rings (SSSR count). The summed E-state index contributed by atoms with van der Waals surface area (Å²) in [6, 6.07) is 14.2. The van der Waals surface area contributed by atoms with Crippen molar-refractivity contribution in [1.82, 2.24) is 0 Å². The highest BCUT2D eigenvalue weighted by molar-refractivity contribution is 6.01. The van der Waals surface area contributed by atoms with Gasteiger partial charge in [-0.2, -0.15) is 0 Å². The van der Waals surface area contributed by atoms with Gasteiger partial charge in [-0.25, -0.2) is 0 Å². The smallest absolute Gasteiger partial charge is 0.166 e. The van der Waals surface area contributed by atoms with Crippen LogP contribution in [0.4, 0.5) is 0 Å². The molecule has 192 valence electrons. The van der Waals surface area contributed by atoms with E-state index in [1.54, 1.807) is 5.57 Å². The second-order valence-corrected chi connectivity index (χ2v) is 12.3. The minimum atomic E-state index is 0.144. The lowest BCUT2D eigenvalue weighted by atomic mass is 9.67. The quantitative estimate of drug-likeness (QED) is 0.378. The summed E-state index contributed by atoms with van der Waals surface area (Å²) in [6.45, 7) is 2.01. The first-order valence-electron chi connectivity index (χ1n) is 14.6. The van der Waals surface area contributed by atoms with Gasteiger partial charge >= 0.3 is 0 Å². The molecule has 0 heterocycles. The molecule has 2 atom stereocenters. The maximum atomic E-state index is 14.0. The molecule has 0 aromatic heterocycles. The second-order valence-electron chi connectivity index (χ2n) is 12.3. The summed E-state index contributed by atoms with van der Waals surface area (Å²) in [5.74, 6) is 1.58. The number of fused-ring (bicyclic) bond motifs is 1. The molecular weight excluding hydrogens is 452 g/mol. The Morgan fingerprint density at radius 3 is 2.46 bits per heavy atom. The molecule has 0 saturated heterocycles. The highest BCUT2D eigenvalue weighted by Crippen LogP contribution is 2.54. The van der Waals surface area contributed by atoms with E-state index in [4.69, 9.17) is 0 Å². The molecule has 2 fully saturated rings. The van der Waals surface area contributed by atoms with Crippen molar-refractivity contribution in [3.63, 3.8) is 0 Å². The molecule has 2 heteroatoms. The number of aryl methyl sites for hydroxylation is 2. The van der Waals surface area contributed by atoms with Crippen LogP contribution in [0.5, 0.6) is 0 Å². The molecule has 2 saturated carbocycles. The van der Waals surface area contributed by atoms with E-state index in [0.29, 0.717) is 17.6 Å². The lowest BCUT2D eigenvalue weighted by Crippen LogP contribution is -2.27. The topological polar surface area (TPSA) is 34.1 Å². The number of ketones is 2. The molecule has 4 aliphatic rings. The van der Waals surface area contributed by atoms with Crippen LogP contribution in [0.25, 0.3) is 0 Å². The van der Waals surface area contributed by atoms with Gasteiger partial charge in [-0.05, 0) is 117 Å². The number of Topliss-reactive ketones (excluding diaryl/α,β-unsaturated/α-hetero) is 2. The average Bonchev–Trinajstić information content (AvgIpc) is 3.54. The molecule has 0 radical (unpaired) electrons. The van der Waals surface area contributed by atoms with Gasteiger partial charge < -0.3 is 0 Å². The Bertz CT molecular complexity index is 1250. The first-order chi connectivity index (χ1) is 18.0. The van der Waals surface area contributed by atoms with Gasteiger partial charge in [0.2, 0.25) is 0 Å². The molecule has 0 aliphatic heterocycles. The Balaban J connectivity index is 1.15. The van der Waals surface area contributed by atoms with Crippen molar-refractivity contribution in [2.75, 3.05) is 0 Å². The van der Waals surface area contributed by atoms with Gasteiger partial charge in [0, 0.05) is 23.5 Å². The first-order valence-corrected chi connectivity index (χ1v) is 14.6. The van der Waals surface area contributed by atoms with Crippen molar-refractivity contribution >= 4 is 11.6 Å². The molecule has 2 unspecified atom stereocenters. The van der Waals surface area contributed by atoms with Crippen molar-refractivity contribution < 1.29 is 9.59 Å². The number of allylic oxidation sites excluding steroid dienone is 4. The lowest BCUT2D eigenvalue weighted by Gasteiger charge is -2.38. The number of hydrogen-bond donors (Lipinski definition) is 0. The molecule has 0 amide bonds. The number of carbonyl (C=O) groups excluding carboxylic acids is 2. The van der Waals surface area contributed by atoms with E-state index in [1.807, 2.05) is 31.2 Å². The maximum absolute atomic E-state index is 14.0. The third kappa shape index (κ3) is 4.80. The van der Waals surface area contributed by atoms with Crippen LogP contribution < -0.4 is 0 Å². The summed E-state index contributed by atoms with van der Waals surface area (Å²) in [5, 5.41) is 0. The fraction of sp³-hybridized carbons (Fsp3) is 0.486. The minimum absolute atomic E-state index is 0.144. The molecule has 1 spiro atoms. The third-order valence-corrected chi connectivity index (χ3v) is 10.1. The van der Waals surface area contributed by atoms with Crippen molar-refractivity contribution in [2.24, 2.45) is 17.3 Å². The molecule has 0 N–H and O–H groups in total. The maximum Gasteiger partial charge on any atom is 0.166 e. The Kier molecular flexibility index (Phi) is 6.78. The lowest BCUT2D eigenvalue weighted by molar-refractivity contribution is 0.0893. The molecule has 2 aromatic rings. The predicted octanol–water partition coefficient (Wildman–Crippen LogP) is 8.73. The highest BCUT2D eigenvalue weighted by atomic mass is 16.1. The molecule has 2 nitrogen and oxygen atoms in total. The van der Waals surface area contributed by atoms with Crippen LogP contribution in [0.1, 0.15) is 114 Å². The van der Waals surface area contributed by atoms with Gasteiger partial charge in [-0.3, -0.25) is 9.59 Å². The summed E-state index contributed by atoms with van der Waals surface area (Å²) in [4.78, 5) is 27.2. The highest BCUT2D eigenvalue weighted by Gasteiger charge is 2.45. The van der Waals surface area contributed by atoms with Crippen LogP contribution in [0, 0.1) is 24.2 Å². The summed E-state index contributed by atoms with van der Waals surface area (Å²) < 4.78 is 0. The van der Waals surface area contributed by atoms with E-state index >= 15 is 0 Å². The van der Waals surface area contributed by atoms with E-state index in [0.717, 1.165) is 48.3 Å². The number of rotatable bonds is 6. The fourth-order valence-corrected chi connectivity index (χ4v) is 8.03. The van der Waals surface area contributed by atoms with E-state index in [-0.39, 0.29) is 17.6 Å².